The van der Waals surface area contributed by atoms with E-state index in [1.54, 1.807) is 24.4 Å². The second kappa shape index (κ2) is 13.5. The summed E-state index contributed by atoms with van der Waals surface area (Å²) in [6.45, 7) is 11.3. The minimum atomic E-state index is -0.373. The second-order valence-corrected chi connectivity index (χ2v) is 11.4. The molecule has 1 aliphatic carbocycles. The smallest absolute Gasteiger partial charge is 0.224 e. The standard InChI is InChI=1S/C31H44FN3O3/c1-4-25(21-31(3)11-5-6-12-31)23(2)34-30(36)19-24-7-10-29(33-22-24)27-9-8-26(20-28(27)32)38-18-15-35-13-16-37-17-14-35/h7-10,20,22-23,25H,4-6,11-19,21H2,1-3H3,(H,34,36)/t23-,25?/m1/s1. The van der Waals surface area contributed by atoms with E-state index in [-0.39, 0.29) is 24.2 Å². The third-order valence-electron chi connectivity index (χ3n) is 8.37. The van der Waals surface area contributed by atoms with Gasteiger partial charge in [-0.15, -0.1) is 0 Å². The average molecular weight is 526 g/mol. The number of carbonyl (C=O) groups is 1. The Kier molecular flexibility index (Phi) is 10.1. The van der Waals surface area contributed by atoms with Gasteiger partial charge in [0.25, 0.3) is 0 Å². The van der Waals surface area contributed by atoms with Crippen molar-refractivity contribution in [1.82, 2.24) is 15.2 Å². The van der Waals surface area contributed by atoms with Crippen LogP contribution in [0.5, 0.6) is 5.75 Å². The molecule has 2 fully saturated rings. The van der Waals surface area contributed by atoms with Crippen LogP contribution in [0.4, 0.5) is 4.39 Å². The molecule has 7 heteroatoms. The third kappa shape index (κ3) is 8.00. The number of rotatable bonds is 12. The van der Waals surface area contributed by atoms with Crippen LogP contribution in [-0.2, 0) is 16.0 Å². The lowest BCUT2D eigenvalue weighted by molar-refractivity contribution is -0.121. The molecule has 1 aliphatic heterocycles. The van der Waals surface area contributed by atoms with Gasteiger partial charge in [-0.1, -0.05) is 39.2 Å². The van der Waals surface area contributed by atoms with Crippen molar-refractivity contribution < 1.29 is 18.7 Å². The van der Waals surface area contributed by atoms with E-state index < -0.39 is 0 Å². The van der Waals surface area contributed by atoms with Crippen LogP contribution in [-0.4, -0.2) is 61.3 Å². The Hall–Kier alpha value is -2.51. The number of benzene rings is 1. The van der Waals surface area contributed by atoms with E-state index in [0.717, 1.165) is 44.8 Å². The van der Waals surface area contributed by atoms with Crippen LogP contribution in [0.2, 0.25) is 0 Å². The minimum absolute atomic E-state index is 0.00633. The van der Waals surface area contributed by atoms with Gasteiger partial charge < -0.3 is 14.8 Å². The van der Waals surface area contributed by atoms with Gasteiger partial charge in [-0.3, -0.25) is 14.7 Å². The lowest BCUT2D eigenvalue weighted by Crippen LogP contribution is -2.40. The second-order valence-electron chi connectivity index (χ2n) is 11.4. The first-order valence-electron chi connectivity index (χ1n) is 14.3. The molecule has 2 atom stereocenters. The zero-order chi connectivity index (χ0) is 27.0. The van der Waals surface area contributed by atoms with Crippen molar-refractivity contribution in [3.05, 3.63) is 47.9 Å². The first-order chi connectivity index (χ1) is 18.3. The molecular formula is C31H44FN3O3. The maximum Gasteiger partial charge on any atom is 0.224 e. The van der Waals surface area contributed by atoms with Gasteiger partial charge in [0.1, 0.15) is 18.2 Å². The summed E-state index contributed by atoms with van der Waals surface area (Å²) < 4.78 is 26.0. The van der Waals surface area contributed by atoms with Crippen molar-refractivity contribution in [3.8, 4) is 17.0 Å². The molecule has 0 radical (unpaired) electrons. The predicted molar refractivity (Wildman–Crippen MR) is 149 cm³/mol. The molecule has 0 bridgehead atoms. The number of nitrogens with one attached hydrogen (secondary N) is 1. The molecule has 1 N–H and O–H groups in total. The molecule has 2 aliphatic rings. The summed E-state index contributed by atoms with van der Waals surface area (Å²) in [5.41, 5.74) is 2.19. The lowest BCUT2D eigenvalue weighted by atomic mass is 9.76. The van der Waals surface area contributed by atoms with Gasteiger partial charge in [0.15, 0.2) is 0 Å². The fraction of sp³-hybridized carbons (Fsp3) is 0.613. The van der Waals surface area contributed by atoms with Crippen molar-refractivity contribution in [3.63, 3.8) is 0 Å². The Morgan fingerprint density at radius 1 is 1.21 bits per heavy atom. The molecule has 2 aromatic rings. The summed E-state index contributed by atoms with van der Waals surface area (Å²) in [7, 11) is 0. The Labute approximate surface area is 227 Å². The van der Waals surface area contributed by atoms with Gasteiger partial charge in [0.2, 0.25) is 5.91 Å². The molecule has 0 spiro atoms. The molecule has 1 saturated carbocycles. The summed E-state index contributed by atoms with van der Waals surface area (Å²) in [6, 6.07) is 8.66. The van der Waals surface area contributed by atoms with Gasteiger partial charge in [-0.25, -0.2) is 4.39 Å². The van der Waals surface area contributed by atoms with E-state index in [2.05, 4.69) is 36.0 Å². The molecule has 1 aromatic heterocycles. The van der Waals surface area contributed by atoms with Crippen molar-refractivity contribution in [2.24, 2.45) is 11.3 Å². The van der Waals surface area contributed by atoms with Crippen molar-refractivity contribution in [2.45, 2.75) is 71.8 Å². The highest BCUT2D eigenvalue weighted by Gasteiger charge is 2.33. The number of carbonyl (C=O) groups excluding carboxylic acids is 1. The number of nitrogens with zero attached hydrogens (tertiary/aromatic N) is 2. The Balaban J connectivity index is 1.26. The summed E-state index contributed by atoms with van der Waals surface area (Å²) in [6.07, 6.45) is 9.43. The minimum Gasteiger partial charge on any atom is -0.492 e. The van der Waals surface area contributed by atoms with Crippen LogP contribution in [0.25, 0.3) is 11.3 Å². The Bertz CT molecular complexity index is 1030. The van der Waals surface area contributed by atoms with Gasteiger partial charge in [-0.2, -0.15) is 0 Å². The fourth-order valence-corrected chi connectivity index (χ4v) is 5.95. The maximum absolute atomic E-state index is 14.8. The van der Waals surface area contributed by atoms with Crippen LogP contribution >= 0.6 is 0 Å². The SMILES string of the molecule is CCC(CC1(C)CCCC1)[C@@H](C)NC(=O)Cc1ccc(-c2ccc(OCCN3CCOCC3)cc2F)nc1. The molecule has 6 nitrogen and oxygen atoms in total. The van der Waals surface area contributed by atoms with Gasteiger partial charge >= 0.3 is 0 Å². The number of hydrogen-bond donors (Lipinski definition) is 1. The number of halogens is 1. The normalized spacial score (nSPS) is 19.2. The maximum atomic E-state index is 14.8. The van der Waals surface area contributed by atoms with Crippen molar-refractivity contribution in [2.75, 3.05) is 39.5 Å². The molecule has 2 heterocycles. The van der Waals surface area contributed by atoms with Crippen molar-refractivity contribution in [1.29, 1.82) is 0 Å². The van der Waals surface area contributed by atoms with Crippen LogP contribution < -0.4 is 10.1 Å². The monoisotopic (exact) mass is 525 g/mol. The molecule has 208 valence electrons. The number of morpholine rings is 1. The highest BCUT2D eigenvalue weighted by atomic mass is 19.1. The summed E-state index contributed by atoms with van der Waals surface area (Å²) in [5.74, 6) is 0.625. The van der Waals surface area contributed by atoms with Gasteiger partial charge in [0.05, 0.1) is 25.3 Å². The first-order valence-corrected chi connectivity index (χ1v) is 14.3. The fourth-order valence-electron chi connectivity index (χ4n) is 5.95. The predicted octanol–water partition coefficient (Wildman–Crippen LogP) is 5.64. The molecule has 4 rings (SSSR count). The van der Waals surface area contributed by atoms with E-state index in [1.807, 2.05) is 6.07 Å². The molecule has 1 aromatic carbocycles. The zero-order valence-electron chi connectivity index (χ0n) is 23.3. The van der Waals surface area contributed by atoms with Crippen LogP contribution in [0.3, 0.4) is 0 Å². The Morgan fingerprint density at radius 2 is 1.97 bits per heavy atom. The van der Waals surface area contributed by atoms with E-state index >= 15 is 0 Å². The average Bonchev–Trinajstić information content (AvgIpc) is 3.34. The van der Waals surface area contributed by atoms with E-state index in [4.69, 9.17) is 9.47 Å². The van der Waals surface area contributed by atoms with Crippen LogP contribution in [0.15, 0.2) is 36.5 Å². The molecule has 38 heavy (non-hydrogen) atoms. The van der Waals surface area contributed by atoms with E-state index in [9.17, 15) is 9.18 Å². The highest BCUT2D eigenvalue weighted by Crippen LogP contribution is 2.43. The van der Waals surface area contributed by atoms with E-state index in [0.29, 0.717) is 34.9 Å². The number of hydrogen-bond acceptors (Lipinski definition) is 5. The van der Waals surface area contributed by atoms with Crippen LogP contribution in [0.1, 0.15) is 64.9 Å². The highest BCUT2D eigenvalue weighted by molar-refractivity contribution is 5.79. The topological polar surface area (TPSA) is 63.7 Å². The lowest BCUT2D eigenvalue weighted by Gasteiger charge is -2.32. The molecule has 1 unspecified atom stereocenters. The third-order valence-corrected chi connectivity index (χ3v) is 8.37. The number of amides is 1. The number of pyridine rings is 1. The van der Waals surface area contributed by atoms with Gasteiger partial charge in [0, 0.05) is 43.5 Å². The van der Waals surface area contributed by atoms with E-state index in [1.165, 1.54) is 38.2 Å². The number of ether oxygens (including phenoxy) is 2. The number of aromatic nitrogens is 1. The first kappa shape index (κ1) is 28.5. The van der Waals surface area contributed by atoms with Gasteiger partial charge in [-0.05, 0) is 61.3 Å². The quantitative estimate of drug-likeness (QED) is 0.388. The summed E-state index contributed by atoms with van der Waals surface area (Å²) >= 11 is 0. The molecule has 1 saturated heterocycles. The molecule has 1 amide bonds. The molecular weight excluding hydrogens is 481 g/mol. The summed E-state index contributed by atoms with van der Waals surface area (Å²) in [5, 5.41) is 3.22. The van der Waals surface area contributed by atoms with Crippen LogP contribution in [0, 0.1) is 17.2 Å². The summed E-state index contributed by atoms with van der Waals surface area (Å²) in [4.78, 5) is 19.5. The zero-order valence-corrected chi connectivity index (χ0v) is 23.3. The largest absolute Gasteiger partial charge is 0.492 e. The Morgan fingerprint density at radius 3 is 2.63 bits per heavy atom. The van der Waals surface area contributed by atoms with Crippen molar-refractivity contribution >= 4 is 5.91 Å².